The lowest BCUT2D eigenvalue weighted by molar-refractivity contribution is -0.142. The molecule has 0 fully saturated rings. The van der Waals surface area contributed by atoms with Gasteiger partial charge < -0.3 is 0 Å². The van der Waals surface area contributed by atoms with Crippen LogP contribution in [0.2, 0.25) is 0 Å². The zero-order valence-corrected chi connectivity index (χ0v) is 11.9. The number of rotatable bonds is 1. The molecule has 0 bridgehead atoms. The lowest BCUT2D eigenvalue weighted by Crippen LogP contribution is -2.14. The first-order valence-electron chi connectivity index (χ1n) is 6.30. The minimum atomic E-state index is -4.63. The molecule has 2 rings (SSSR count). The summed E-state index contributed by atoms with van der Waals surface area (Å²) in [7, 11) is 0. The average Bonchev–Trinajstić information content (AvgIpc) is 2.81. The van der Waals surface area contributed by atoms with Crippen molar-refractivity contribution in [3.8, 4) is 11.8 Å². The maximum atomic E-state index is 13.1. The van der Waals surface area contributed by atoms with Crippen LogP contribution in [-0.2, 0) is 11.6 Å². The number of alkyl halides is 3. The second-order valence-electron chi connectivity index (χ2n) is 5.72. The lowest BCUT2D eigenvalue weighted by Gasteiger charge is -2.19. The monoisotopic (exact) mass is 293 g/mol. The molecular formula is C15H14F3N3. The van der Waals surface area contributed by atoms with Crippen molar-refractivity contribution in [2.24, 2.45) is 0 Å². The van der Waals surface area contributed by atoms with E-state index in [4.69, 9.17) is 5.26 Å². The summed E-state index contributed by atoms with van der Waals surface area (Å²) in [5.74, 6) is 0. The molecule has 0 unspecified atom stereocenters. The third-order valence-electron chi connectivity index (χ3n) is 3.15. The summed E-state index contributed by atoms with van der Waals surface area (Å²) in [5.41, 5.74) is -0.418. The van der Waals surface area contributed by atoms with Crippen molar-refractivity contribution in [2.75, 3.05) is 0 Å². The maximum Gasteiger partial charge on any atom is 0.434 e. The molecule has 110 valence electrons. The van der Waals surface area contributed by atoms with Gasteiger partial charge in [0, 0.05) is 5.69 Å². The van der Waals surface area contributed by atoms with E-state index in [9.17, 15) is 13.2 Å². The zero-order valence-electron chi connectivity index (χ0n) is 11.9. The van der Waals surface area contributed by atoms with Crippen LogP contribution in [0, 0.1) is 11.3 Å². The summed E-state index contributed by atoms with van der Waals surface area (Å²) in [6.45, 7) is 6.07. The number of hydrogen-bond acceptors (Lipinski definition) is 2. The van der Waals surface area contributed by atoms with E-state index in [1.54, 1.807) is 24.3 Å². The number of imidazole rings is 1. The highest BCUT2D eigenvalue weighted by molar-refractivity contribution is 5.42. The number of nitrogens with zero attached hydrogens (tertiary/aromatic N) is 3. The van der Waals surface area contributed by atoms with Crippen molar-refractivity contribution in [3.63, 3.8) is 0 Å². The number of halogens is 3. The summed E-state index contributed by atoms with van der Waals surface area (Å²) in [4.78, 5) is 3.53. The van der Waals surface area contributed by atoms with E-state index in [2.05, 4.69) is 4.98 Å². The second kappa shape index (κ2) is 4.92. The van der Waals surface area contributed by atoms with E-state index >= 15 is 0 Å². The van der Waals surface area contributed by atoms with Gasteiger partial charge in [-0.2, -0.15) is 18.4 Å². The molecule has 3 nitrogen and oxygen atoms in total. The fourth-order valence-corrected chi connectivity index (χ4v) is 2.02. The largest absolute Gasteiger partial charge is 0.434 e. The van der Waals surface area contributed by atoms with Crippen molar-refractivity contribution in [3.05, 3.63) is 47.5 Å². The third-order valence-corrected chi connectivity index (χ3v) is 3.15. The molecule has 0 amide bonds. The van der Waals surface area contributed by atoms with Gasteiger partial charge in [-0.15, -0.1) is 0 Å². The predicted octanol–water partition coefficient (Wildman–Crippen LogP) is 4.06. The molecule has 0 aliphatic heterocycles. The molecular weight excluding hydrogens is 279 g/mol. The van der Waals surface area contributed by atoms with E-state index in [1.807, 2.05) is 20.8 Å². The topological polar surface area (TPSA) is 41.6 Å². The third kappa shape index (κ3) is 2.92. The summed E-state index contributed by atoms with van der Waals surface area (Å²) in [6, 6.07) is 8.23. The molecule has 0 aliphatic rings. The van der Waals surface area contributed by atoms with Crippen LogP contribution in [0.5, 0.6) is 0 Å². The highest BCUT2D eigenvalue weighted by Crippen LogP contribution is 2.33. The summed E-state index contributed by atoms with van der Waals surface area (Å²) >= 11 is 0. The smallest absolute Gasteiger partial charge is 0.294 e. The van der Waals surface area contributed by atoms with E-state index < -0.39 is 17.6 Å². The molecule has 0 radical (unpaired) electrons. The Labute approximate surface area is 120 Å². The normalized spacial score (nSPS) is 12.2. The number of benzene rings is 1. The van der Waals surface area contributed by atoms with Crippen molar-refractivity contribution in [1.29, 1.82) is 5.26 Å². The lowest BCUT2D eigenvalue weighted by atomic mass is 9.87. The van der Waals surface area contributed by atoms with Gasteiger partial charge in [0.05, 0.1) is 0 Å². The Morgan fingerprint density at radius 1 is 1.10 bits per heavy atom. The van der Waals surface area contributed by atoms with Gasteiger partial charge in [0.25, 0.3) is 0 Å². The second-order valence-corrected chi connectivity index (χ2v) is 5.72. The van der Waals surface area contributed by atoms with Gasteiger partial charge in [0.15, 0.2) is 11.4 Å². The van der Waals surface area contributed by atoms with Crippen LogP contribution in [0.15, 0.2) is 30.6 Å². The number of hydrogen-bond donors (Lipinski definition) is 0. The molecule has 1 heterocycles. The Hall–Kier alpha value is -2.29. The Kier molecular flexibility index (Phi) is 3.54. The van der Waals surface area contributed by atoms with Crippen LogP contribution in [0.4, 0.5) is 13.2 Å². The fourth-order valence-electron chi connectivity index (χ4n) is 2.02. The molecule has 0 saturated heterocycles. The molecule has 0 aliphatic carbocycles. The highest BCUT2D eigenvalue weighted by Gasteiger charge is 2.38. The molecule has 0 N–H and O–H groups in total. The molecule has 0 atom stereocenters. The minimum Gasteiger partial charge on any atom is -0.294 e. The van der Waals surface area contributed by atoms with E-state index in [1.165, 1.54) is 6.07 Å². The van der Waals surface area contributed by atoms with Crippen LogP contribution >= 0.6 is 0 Å². The van der Waals surface area contributed by atoms with E-state index in [-0.39, 0.29) is 5.41 Å². The van der Waals surface area contributed by atoms with Crippen LogP contribution in [0.25, 0.3) is 5.69 Å². The average molecular weight is 293 g/mol. The van der Waals surface area contributed by atoms with Gasteiger partial charge in [-0.1, -0.05) is 32.9 Å². The van der Waals surface area contributed by atoms with Crippen molar-refractivity contribution < 1.29 is 13.2 Å². The van der Waals surface area contributed by atoms with Gasteiger partial charge in [-0.05, 0) is 23.1 Å². The molecule has 1 aromatic heterocycles. The zero-order chi connectivity index (χ0) is 15.8. The number of aromatic nitrogens is 2. The Balaban J connectivity index is 2.54. The Bertz CT molecular complexity index is 683. The van der Waals surface area contributed by atoms with E-state index in [0.29, 0.717) is 5.69 Å². The van der Waals surface area contributed by atoms with Gasteiger partial charge in [0.1, 0.15) is 12.4 Å². The van der Waals surface area contributed by atoms with Crippen molar-refractivity contribution in [2.45, 2.75) is 32.4 Å². The molecule has 21 heavy (non-hydrogen) atoms. The molecule has 0 spiro atoms. The first-order valence-corrected chi connectivity index (χ1v) is 6.30. The van der Waals surface area contributed by atoms with Crippen LogP contribution < -0.4 is 0 Å². The van der Waals surface area contributed by atoms with Gasteiger partial charge in [-0.25, -0.2) is 4.98 Å². The fraction of sp³-hybridized carbons (Fsp3) is 0.333. The molecule has 6 heteroatoms. The SMILES string of the molecule is CC(C)(C)c1ccc(-n2cnc(C#N)c2C(F)(F)F)cc1. The van der Waals surface area contributed by atoms with Crippen LogP contribution in [-0.4, -0.2) is 9.55 Å². The maximum absolute atomic E-state index is 13.1. The quantitative estimate of drug-likeness (QED) is 0.795. The van der Waals surface area contributed by atoms with Crippen LogP contribution in [0.3, 0.4) is 0 Å². The standard InChI is InChI=1S/C15H14F3N3/c1-14(2,3)10-4-6-11(7-5-10)21-9-20-12(8-19)13(21)15(16,17)18/h4-7,9H,1-3H3. The van der Waals surface area contributed by atoms with Gasteiger partial charge in [0.2, 0.25) is 0 Å². The molecule has 2 aromatic rings. The van der Waals surface area contributed by atoms with Crippen LogP contribution in [0.1, 0.15) is 37.7 Å². The Morgan fingerprint density at radius 3 is 2.10 bits per heavy atom. The molecule has 1 aromatic carbocycles. The molecule has 0 saturated carbocycles. The predicted molar refractivity (Wildman–Crippen MR) is 72.0 cm³/mol. The van der Waals surface area contributed by atoms with Crippen molar-refractivity contribution >= 4 is 0 Å². The minimum absolute atomic E-state index is 0.0852. The summed E-state index contributed by atoms with van der Waals surface area (Å²) in [6.07, 6.45) is -3.61. The first kappa shape index (κ1) is 15.1. The number of nitriles is 1. The summed E-state index contributed by atoms with van der Waals surface area (Å²) < 4.78 is 40.1. The highest BCUT2D eigenvalue weighted by atomic mass is 19.4. The van der Waals surface area contributed by atoms with Gasteiger partial charge >= 0.3 is 6.18 Å². The summed E-state index contributed by atoms with van der Waals surface area (Å²) in [5, 5.41) is 8.77. The Morgan fingerprint density at radius 2 is 1.67 bits per heavy atom. The van der Waals surface area contributed by atoms with E-state index in [0.717, 1.165) is 16.5 Å². The van der Waals surface area contributed by atoms with Crippen molar-refractivity contribution in [1.82, 2.24) is 9.55 Å². The first-order chi connectivity index (χ1) is 9.64. The van der Waals surface area contributed by atoms with Gasteiger partial charge in [-0.3, -0.25) is 4.57 Å².